The third-order valence-corrected chi connectivity index (χ3v) is 5.94. The van der Waals surface area contributed by atoms with Gasteiger partial charge in [-0.25, -0.2) is 13.1 Å². The van der Waals surface area contributed by atoms with Gasteiger partial charge in [-0.3, -0.25) is 4.79 Å². The zero-order chi connectivity index (χ0) is 20.1. The highest BCUT2D eigenvalue weighted by atomic mass is 32.2. The minimum Gasteiger partial charge on any atom is -0.495 e. The Kier molecular flexibility index (Phi) is 6.33. The first-order valence-corrected chi connectivity index (χ1v) is 10.5. The number of hydrogen-bond donors (Lipinski definition) is 2. The average Bonchev–Trinajstić information content (AvgIpc) is 3.50. The van der Waals surface area contributed by atoms with E-state index in [4.69, 9.17) is 9.47 Å². The predicted molar refractivity (Wildman–Crippen MR) is 105 cm³/mol. The lowest BCUT2D eigenvalue weighted by Gasteiger charge is -2.12. The van der Waals surface area contributed by atoms with Crippen molar-refractivity contribution < 1.29 is 22.7 Å². The summed E-state index contributed by atoms with van der Waals surface area (Å²) < 4.78 is 38.0. The van der Waals surface area contributed by atoms with Crippen LogP contribution in [0, 0.1) is 0 Å². The molecule has 0 aromatic heterocycles. The Morgan fingerprint density at radius 3 is 2.36 bits per heavy atom. The zero-order valence-corrected chi connectivity index (χ0v) is 16.7. The molecule has 1 aliphatic rings. The highest BCUT2D eigenvalue weighted by Crippen LogP contribution is 2.28. The van der Waals surface area contributed by atoms with E-state index in [2.05, 4.69) is 10.0 Å². The van der Waals surface area contributed by atoms with Gasteiger partial charge in [-0.15, -0.1) is 0 Å². The van der Waals surface area contributed by atoms with E-state index in [1.165, 1.54) is 19.2 Å². The van der Waals surface area contributed by atoms with Gasteiger partial charge in [0.2, 0.25) is 10.0 Å². The second-order valence-electron chi connectivity index (χ2n) is 6.69. The van der Waals surface area contributed by atoms with E-state index >= 15 is 0 Å². The van der Waals surface area contributed by atoms with Crippen molar-refractivity contribution in [3.8, 4) is 5.75 Å². The molecule has 150 valence electrons. The highest BCUT2D eigenvalue weighted by molar-refractivity contribution is 7.89. The Bertz CT molecular complexity index is 938. The Morgan fingerprint density at radius 2 is 1.75 bits per heavy atom. The fourth-order valence-electron chi connectivity index (χ4n) is 2.72. The molecule has 2 N–H and O–H groups in total. The van der Waals surface area contributed by atoms with Crippen LogP contribution in [0.4, 0.5) is 0 Å². The number of ether oxygens (including phenoxy) is 2. The normalized spacial score (nSPS) is 13.9. The molecule has 3 rings (SSSR count). The van der Waals surface area contributed by atoms with E-state index < -0.39 is 10.0 Å². The molecule has 28 heavy (non-hydrogen) atoms. The van der Waals surface area contributed by atoms with Gasteiger partial charge in [0.15, 0.2) is 0 Å². The van der Waals surface area contributed by atoms with Gasteiger partial charge in [0, 0.05) is 25.3 Å². The maximum Gasteiger partial charge on any atom is 0.251 e. The van der Waals surface area contributed by atoms with Crippen LogP contribution in [0.25, 0.3) is 0 Å². The molecule has 1 fully saturated rings. The molecule has 1 aliphatic carbocycles. The zero-order valence-electron chi connectivity index (χ0n) is 15.9. The fourth-order valence-corrected chi connectivity index (χ4v) is 4.22. The molecule has 2 aromatic carbocycles. The first-order chi connectivity index (χ1) is 13.4. The number of carbonyl (C=O) groups is 1. The molecule has 8 heteroatoms. The second-order valence-corrected chi connectivity index (χ2v) is 8.38. The number of hydrogen-bond acceptors (Lipinski definition) is 5. The van der Waals surface area contributed by atoms with Crippen LogP contribution in [-0.2, 0) is 27.9 Å². The quantitative estimate of drug-likeness (QED) is 0.668. The van der Waals surface area contributed by atoms with Crippen molar-refractivity contribution in [1.29, 1.82) is 0 Å². The minimum absolute atomic E-state index is 0.0292. The molecular weight excluding hydrogens is 380 g/mol. The summed E-state index contributed by atoms with van der Waals surface area (Å²) in [5.41, 5.74) is 2.24. The number of benzene rings is 2. The number of carbonyl (C=O) groups excluding carboxylic acids is 1. The van der Waals surface area contributed by atoms with Crippen LogP contribution in [0.5, 0.6) is 5.75 Å². The summed E-state index contributed by atoms with van der Waals surface area (Å²) in [6.07, 6.45) is 1.65. The number of rotatable bonds is 9. The Morgan fingerprint density at radius 1 is 1.07 bits per heavy atom. The standard InChI is InChI=1S/C20H24N2O5S/c1-26-13-15-5-3-14(4-6-15)12-21-20(23)16-7-10-18(27-2)19(11-16)28(24,25)22-17-8-9-17/h3-7,10-11,17,22H,8-9,12-13H2,1-2H3,(H,21,23). The molecule has 1 amide bonds. The van der Waals surface area contributed by atoms with Crippen LogP contribution in [0.1, 0.15) is 34.3 Å². The van der Waals surface area contributed by atoms with Crippen LogP contribution in [-0.4, -0.2) is 34.6 Å². The van der Waals surface area contributed by atoms with Crippen molar-refractivity contribution in [2.75, 3.05) is 14.2 Å². The fraction of sp³-hybridized carbons (Fsp3) is 0.350. The number of amides is 1. The maximum atomic E-state index is 12.6. The molecule has 0 aliphatic heterocycles. The summed E-state index contributed by atoms with van der Waals surface area (Å²) in [7, 11) is -0.702. The number of nitrogens with one attached hydrogen (secondary N) is 2. The SMILES string of the molecule is COCc1ccc(CNC(=O)c2ccc(OC)c(S(=O)(=O)NC3CC3)c2)cc1. The van der Waals surface area contributed by atoms with Gasteiger partial charge < -0.3 is 14.8 Å². The van der Waals surface area contributed by atoms with Crippen LogP contribution < -0.4 is 14.8 Å². The maximum absolute atomic E-state index is 12.6. The molecule has 0 saturated heterocycles. The Balaban J connectivity index is 1.71. The third kappa shape index (κ3) is 5.09. The van der Waals surface area contributed by atoms with E-state index in [-0.39, 0.29) is 28.2 Å². The summed E-state index contributed by atoms with van der Waals surface area (Å²) in [5, 5.41) is 2.81. The smallest absolute Gasteiger partial charge is 0.251 e. The molecule has 0 spiro atoms. The van der Waals surface area contributed by atoms with Gasteiger partial charge in [-0.2, -0.15) is 0 Å². The molecule has 0 atom stereocenters. The van der Waals surface area contributed by atoms with Gasteiger partial charge in [0.05, 0.1) is 13.7 Å². The molecule has 0 heterocycles. The van der Waals surface area contributed by atoms with Crippen LogP contribution in [0.3, 0.4) is 0 Å². The monoisotopic (exact) mass is 404 g/mol. The lowest BCUT2D eigenvalue weighted by atomic mass is 10.1. The first kappa shape index (κ1) is 20.3. The van der Waals surface area contributed by atoms with Gasteiger partial charge in [-0.1, -0.05) is 24.3 Å². The Hall–Kier alpha value is -2.42. The molecule has 0 radical (unpaired) electrons. The predicted octanol–water partition coefficient (Wildman–Crippen LogP) is 2.21. The Labute approximate surface area is 165 Å². The van der Waals surface area contributed by atoms with Crippen molar-refractivity contribution in [3.63, 3.8) is 0 Å². The number of sulfonamides is 1. The summed E-state index contributed by atoms with van der Waals surface area (Å²) >= 11 is 0. The average molecular weight is 404 g/mol. The summed E-state index contributed by atoms with van der Waals surface area (Å²) in [4.78, 5) is 12.5. The van der Waals surface area contributed by atoms with E-state index in [1.807, 2.05) is 24.3 Å². The van der Waals surface area contributed by atoms with Crippen molar-refractivity contribution in [2.45, 2.75) is 36.9 Å². The third-order valence-electron chi connectivity index (χ3n) is 4.40. The highest BCUT2D eigenvalue weighted by Gasteiger charge is 2.30. The molecule has 0 bridgehead atoms. The minimum atomic E-state index is -3.74. The molecule has 2 aromatic rings. The van der Waals surface area contributed by atoms with Gasteiger partial charge in [-0.05, 0) is 42.2 Å². The molecule has 1 saturated carbocycles. The van der Waals surface area contributed by atoms with Gasteiger partial charge in [0.25, 0.3) is 5.91 Å². The largest absolute Gasteiger partial charge is 0.495 e. The van der Waals surface area contributed by atoms with Gasteiger partial charge in [0.1, 0.15) is 10.6 Å². The lowest BCUT2D eigenvalue weighted by molar-refractivity contribution is 0.0950. The molecule has 0 unspecified atom stereocenters. The first-order valence-electron chi connectivity index (χ1n) is 8.98. The molecule has 7 nitrogen and oxygen atoms in total. The summed E-state index contributed by atoms with van der Waals surface area (Å²) in [6.45, 7) is 0.866. The van der Waals surface area contributed by atoms with Crippen molar-refractivity contribution in [1.82, 2.24) is 10.0 Å². The van der Waals surface area contributed by atoms with Crippen molar-refractivity contribution in [3.05, 3.63) is 59.2 Å². The van der Waals surface area contributed by atoms with Crippen LogP contribution >= 0.6 is 0 Å². The van der Waals surface area contributed by atoms with Crippen LogP contribution in [0.2, 0.25) is 0 Å². The van der Waals surface area contributed by atoms with Crippen molar-refractivity contribution in [2.24, 2.45) is 0 Å². The second kappa shape index (κ2) is 8.72. The molecular formula is C20H24N2O5S. The van der Waals surface area contributed by atoms with E-state index in [9.17, 15) is 13.2 Å². The van der Waals surface area contributed by atoms with E-state index in [0.29, 0.717) is 13.2 Å². The topological polar surface area (TPSA) is 93.7 Å². The summed E-state index contributed by atoms with van der Waals surface area (Å²) in [5.74, 6) is -0.148. The number of methoxy groups -OCH3 is 2. The van der Waals surface area contributed by atoms with E-state index in [0.717, 1.165) is 24.0 Å². The van der Waals surface area contributed by atoms with E-state index in [1.54, 1.807) is 13.2 Å². The van der Waals surface area contributed by atoms with Crippen molar-refractivity contribution >= 4 is 15.9 Å². The summed E-state index contributed by atoms with van der Waals surface area (Å²) in [6, 6.07) is 12.1. The van der Waals surface area contributed by atoms with Gasteiger partial charge >= 0.3 is 0 Å². The van der Waals surface area contributed by atoms with Crippen LogP contribution in [0.15, 0.2) is 47.4 Å². The lowest BCUT2D eigenvalue weighted by Crippen LogP contribution is -2.27.